The quantitative estimate of drug-likeness (QED) is 0.387. The lowest BCUT2D eigenvalue weighted by Crippen LogP contribution is -1.94. The number of allylic oxidation sites excluding steroid dienone is 1. The Morgan fingerprint density at radius 2 is 1.92 bits per heavy atom. The van der Waals surface area contributed by atoms with Crippen LogP contribution in [0.25, 0.3) is 17.3 Å². The molecule has 1 N–H and O–H groups in total. The zero-order chi connectivity index (χ0) is 18.3. The van der Waals surface area contributed by atoms with Crippen LogP contribution in [-0.2, 0) is 0 Å². The van der Waals surface area contributed by atoms with Gasteiger partial charge in [-0.1, -0.05) is 18.2 Å². The minimum absolute atomic E-state index is 0.000802. The summed E-state index contributed by atoms with van der Waals surface area (Å²) in [5, 5.41) is 21.4. The van der Waals surface area contributed by atoms with E-state index < -0.39 is 4.92 Å². The summed E-state index contributed by atoms with van der Waals surface area (Å²) < 4.78 is 1.94. The molecule has 128 valence electrons. The molecule has 0 fully saturated rings. The standard InChI is InChI=1S/C18H11N3O3S2/c22-17-16(9-11-10-19-15-4-2-1-3-14(11)15)26-18(25)20(17)12-5-7-13(8-6-12)21(23)24/h1-10,22H. The number of nitrogens with zero attached hydrogens (tertiary/aromatic N) is 3. The maximum absolute atomic E-state index is 10.8. The van der Waals surface area contributed by atoms with Gasteiger partial charge in [-0.15, -0.1) is 11.3 Å². The molecule has 2 aromatic carbocycles. The first-order valence-electron chi connectivity index (χ1n) is 7.59. The van der Waals surface area contributed by atoms with Crippen LogP contribution in [0.4, 0.5) is 11.4 Å². The lowest BCUT2D eigenvalue weighted by molar-refractivity contribution is -0.384. The van der Waals surface area contributed by atoms with Gasteiger partial charge in [-0.25, -0.2) is 0 Å². The van der Waals surface area contributed by atoms with Crippen molar-refractivity contribution in [3.8, 4) is 11.6 Å². The molecule has 8 heteroatoms. The number of nitro benzene ring substituents is 1. The van der Waals surface area contributed by atoms with Crippen molar-refractivity contribution in [3.05, 3.63) is 73.0 Å². The summed E-state index contributed by atoms with van der Waals surface area (Å²) >= 11 is 6.63. The van der Waals surface area contributed by atoms with Gasteiger partial charge >= 0.3 is 0 Å². The number of nitro groups is 1. The van der Waals surface area contributed by atoms with Gasteiger partial charge in [0.05, 0.1) is 21.2 Å². The number of thiazole rings is 1. The summed E-state index contributed by atoms with van der Waals surface area (Å²) in [5.74, 6) is -0.000802. The van der Waals surface area contributed by atoms with Crippen molar-refractivity contribution >= 4 is 52.8 Å². The molecule has 1 aliphatic heterocycles. The van der Waals surface area contributed by atoms with Crippen LogP contribution in [0.1, 0.15) is 10.4 Å². The van der Waals surface area contributed by atoms with Crippen LogP contribution in [0.5, 0.6) is 5.88 Å². The third-order valence-electron chi connectivity index (χ3n) is 3.98. The van der Waals surface area contributed by atoms with Crippen LogP contribution >= 0.6 is 23.6 Å². The Hall–Kier alpha value is -3.10. The van der Waals surface area contributed by atoms with Crippen LogP contribution in [-0.4, -0.2) is 20.8 Å². The van der Waals surface area contributed by atoms with Gasteiger partial charge in [0.25, 0.3) is 5.69 Å². The van der Waals surface area contributed by atoms with Gasteiger partial charge < -0.3 is 5.11 Å². The minimum Gasteiger partial charge on any atom is -0.493 e. The van der Waals surface area contributed by atoms with Gasteiger partial charge in [0, 0.05) is 29.5 Å². The van der Waals surface area contributed by atoms with E-state index in [-0.39, 0.29) is 11.6 Å². The molecule has 2 heterocycles. The number of hydrogen-bond acceptors (Lipinski definition) is 6. The normalized spacial score (nSPS) is 13.9. The van der Waals surface area contributed by atoms with Crippen LogP contribution in [0, 0.1) is 14.1 Å². The molecule has 26 heavy (non-hydrogen) atoms. The smallest absolute Gasteiger partial charge is 0.269 e. The molecule has 3 aromatic rings. The van der Waals surface area contributed by atoms with Gasteiger partial charge in [-0.2, -0.15) is 0 Å². The van der Waals surface area contributed by atoms with E-state index in [1.54, 1.807) is 18.3 Å². The number of aromatic nitrogens is 1. The van der Waals surface area contributed by atoms with E-state index >= 15 is 0 Å². The average molecular weight is 381 g/mol. The second kappa shape index (κ2) is 6.32. The fraction of sp³-hybridized carbons (Fsp3) is 0. The van der Waals surface area contributed by atoms with Crippen LogP contribution in [0.2, 0.25) is 0 Å². The Bertz CT molecular complexity index is 1140. The molecular weight excluding hydrogens is 370 g/mol. The molecule has 6 nitrogen and oxygen atoms in total. The number of hydrogen-bond donors (Lipinski definition) is 1. The molecule has 0 saturated heterocycles. The van der Waals surface area contributed by atoms with Crippen molar-refractivity contribution in [1.29, 1.82) is 0 Å². The predicted octanol–water partition coefficient (Wildman–Crippen LogP) is 5.14. The second-order valence-corrected chi connectivity index (χ2v) is 7.22. The number of aliphatic imine (C=N–C) groups is 1. The van der Waals surface area contributed by atoms with Crippen LogP contribution < -0.4 is 0 Å². The number of non-ortho nitro benzene ring substituents is 1. The van der Waals surface area contributed by atoms with Crippen molar-refractivity contribution in [2.75, 3.05) is 0 Å². The van der Waals surface area contributed by atoms with E-state index in [0.29, 0.717) is 14.5 Å². The number of rotatable bonds is 3. The van der Waals surface area contributed by atoms with Crippen molar-refractivity contribution in [2.45, 2.75) is 0 Å². The first-order valence-corrected chi connectivity index (χ1v) is 8.82. The summed E-state index contributed by atoms with van der Waals surface area (Å²) in [4.78, 5) is 15.3. The molecule has 1 aliphatic rings. The number of fused-ring (bicyclic) bond motifs is 1. The summed E-state index contributed by atoms with van der Waals surface area (Å²) in [7, 11) is 0. The highest BCUT2D eigenvalue weighted by atomic mass is 32.1. The van der Waals surface area contributed by atoms with Crippen LogP contribution in [0.15, 0.2) is 53.5 Å². The van der Waals surface area contributed by atoms with E-state index in [1.807, 2.05) is 30.3 Å². The maximum atomic E-state index is 10.8. The Balaban J connectivity index is 1.77. The Labute approximate surface area is 157 Å². The van der Waals surface area contributed by atoms with Gasteiger partial charge in [0.2, 0.25) is 5.88 Å². The number of benzene rings is 2. The van der Waals surface area contributed by atoms with E-state index in [4.69, 9.17) is 12.2 Å². The third-order valence-corrected chi connectivity index (χ3v) is 5.29. The first-order chi connectivity index (χ1) is 12.5. The Morgan fingerprint density at radius 3 is 2.65 bits per heavy atom. The van der Waals surface area contributed by atoms with E-state index in [9.17, 15) is 15.2 Å². The molecule has 4 rings (SSSR count). The molecule has 0 atom stereocenters. The summed E-state index contributed by atoms with van der Waals surface area (Å²) in [6, 6.07) is 13.6. The van der Waals surface area contributed by atoms with Crippen molar-refractivity contribution in [2.24, 2.45) is 4.99 Å². The molecule has 0 saturated carbocycles. The van der Waals surface area contributed by atoms with Gasteiger partial charge in [0.15, 0.2) is 3.95 Å². The predicted molar refractivity (Wildman–Crippen MR) is 105 cm³/mol. The van der Waals surface area contributed by atoms with E-state index in [2.05, 4.69) is 4.99 Å². The molecular formula is C18H11N3O3S2. The molecule has 1 aromatic heterocycles. The molecule has 0 amide bonds. The topological polar surface area (TPSA) is 80.7 Å². The summed E-state index contributed by atoms with van der Waals surface area (Å²) in [5.41, 5.74) is 3.32. The Kier molecular flexibility index (Phi) is 3.98. The third kappa shape index (κ3) is 2.75. The van der Waals surface area contributed by atoms with Crippen LogP contribution in [0.3, 0.4) is 0 Å². The van der Waals surface area contributed by atoms with Gasteiger partial charge in [-0.05, 0) is 36.5 Å². The number of para-hydroxylation sites is 1. The van der Waals surface area contributed by atoms with Crippen molar-refractivity contribution in [3.63, 3.8) is 0 Å². The highest BCUT2D eigenvalue weighted by Gasteiger charge is 2.16. The SMILES string of the molecule is O=[N+]([O-])c1ccc(-n2c(O)c(C=C3C=Nc4ccccc43)sc2=S)cc1. The zero-order valence-corrected chi connectivity index (χ0v) is 14.8. The second-order valence-electron chi connectivity index (χ2n) is 5.54. The van der Waals surface area contributed by atoms with E-state index in [1.165, 1.54) is 28.0 Å². The Morgan fingerprint density at radius 1 is 1.19 bits per heavy atom. The first kappa shape index (κ1) is 16.4. The van der Waals surface area contributed by atoms with Crippen molar-refractivity contribution < 1.29 is 10.0 Å². The molecule has 0 bridgehead atoms. The highest BCUT2D eigenvalue weighted by molar-refractivity contribution is 7.73. The highest BCUT2D eigenvalue weighted by Crippen LogP contribution is 2.36. The van der Waals surface area contributed by atoms with Gasteiger partial charge in [-0.3, -0.25) is 19.7 Å². The summed E-state index contributed by atoms with van der Waals surface area (Å²) in [6.45, 7) is 0. The average Bonchev–Trinajstić information content (AvgIpc) is 3.16. The lowest BCUT2D eigenvalue weighted by Gasteiger charge is -2.04. The largest absolute Gasteiger partial charge is 0.493 e. The minimum atomic E-state index is -0.469. The fourth-order valence-corrected chi connectivity index (χ4v) is 4.02. The molecule has 0 aliphatic carbocycles. The molecule has 0 unspecified atom stereocenters. The fourth-order valence-electron chi connectivity index (χ4n) is 2.72. The maximum Gasteiger partial charge on any atom is 0.269 e. The zero-order valence-electron chi connectivity index (χ0n) is 13.2. The van der Waals surface area contributed by atoms with E-state index in [0.717, 1.165) is 16.8 Å². The summed E-state index contributed by atoms with van der Waals surface area (Å²) in [6.07, 6.45) is 3.59. The molecule has 0 radical (unpaired) electrons. The van der Waals surface area contributed by atoms with Crippen molar-refractivity contribution in [1.82, 2.24) is 4.57 Å². The van der Waals surface area contributed by atoms with Gasteiger partial charge in [0.1, 0.15) is 0 Å². The number of aromatic hydroxyl groups is 1. The molecule has 0 spiro atoms. The monoisotopic (exact) mass is 381 g/mol. The lowest BCUT2D eigenvalue weighted by atomic mass is 10.1.